The van der Waals surface area contributed by atoms with Gasteiger partial charge < -0.3 is 24.3 Å². The molecule has 1 saturated heterocycles. The fourth-order valence-corrected chi connectivity index (χ4v) is 5.73. The highest BCUT2D eigenvalue weighted by molar-refractivity contribution is 6.13. The first-order chi connectivity index (χ1) is 18.9. The van der Waals surface area contributed by atoms with E-state index in [0.29, 0.717) is 18.5 Å². The van der Waals surface area contributed by atoms with Gasteiger partial charge in [0.1, 0.15) is 34.6 Å². The lowest BCUT2D eigenvalue weighted by Gasteiger charge is -2.39. The number of H-pyrrole nitrogens is 1. The van der Waals surface area contributed by atoms with Crippen LogP contribution in [0.15, 0.2) is 22.7 Å². The van der Waals surface area contributed by atoms with E-state index in [9.17, 15) is 0 Å². The Morgan fingerprint density at radius 1 is 1.10 bits per heavy atom. The zero-order valence-electron chi connectivity index (χ0n) is 22.8. The molecule has 2 N–H and O–H groups in total. The molecule has 11 nitrogen and oxygen atoms in total. The molecule has 0 spiro atoms. The zero-order valence-corrected chi connectivity index (χ0v) is 22.8. The van der Waals surface area contributed by atoms with Crippen molar-refractivity contribution < 1.29 is 14.0 Å². The number of nitrogens with one attached hydrogen (secondary N) is 2. The maximum atomic E-state index is 5.85. The number of fused-ring (bicyclic) bond motifs is 3. The minimum atomic E-state index is 0.286. The lowest BCUT2D eigenvalue weighted by molar-refractivity contribution is -0.00884. The Bertz CT molecular complexity index is 1690. The third kappa shape index (κ3) is 4.04. The van der Waals surface area contributed by atoms with Gasteiger partial charge in [0.05, 0.1) is 42.2 Å². The lowest BCUT2D eigenvalue weighted by Crippen LogP contribution is -2.48. The maximum absolute atomic E-state index is 5.85. The van der Waals surface area contributed by atoms with Gasteiger partial charge in [-0.2, -0.15) is 5.10 Å². The van der Waals surface area contributed by atoms with Crippen molar-refractivity contribution >= 4 is 33.6 Å². The zero-order chi connectivity index (χ0) is 26.8. The molecular weight excluding hydrogens is 496 g/mol. The number of hydrogen-bond donors (Lipinski definition) is 2. The average Bonchev–Trinajstić information content (AvgIpc) is 3.45. The quantitative estimate of drug-likeness (QED) is 0.287. The Morgan fingerprint density at radius 2 is 1.92 bits per heavy atom. The van der Waals surface area contributed by atoms with Gasteiger partial charge in [-0.05, 0) is 45.7 Å². The van der Waals surface area contributed by atoms with E-state index in [2.05, 4.69) is 37.2 Å². The Balaban J connectivity index is 1.34. The van der Waals surface area contributed by atoms with Crippen molar-refractivity contribution in [2.45, 2.75) is 45.6 Å². The minimum Gasteiger partial charge on any atom is -0.496 e. The van der Waals surface area contributed by atoms with Crippen LogP contribution in [0.5, 0.6) is 5.75 Å². The fourth-order valence-electron chi connectivity index (χ4n) is 5.73. The first-order valence-corrected chi connectivity index (χ1v) is 13.3. The largest absolute Gasteiger partial charge is 0.496 e. The number of hydrogen-bond acceptors (Lipinski definition) is 9. The number of rotatable bonds is 8. The van der Waals surface area contributed by atoms with E-state index in [1.54, 1.807) is 14.2 Å². The number of aryl methyl sites for hydroxylation is 3. The van der Waals surface area contributed by atoms with Crippen LogP contribution in [0.3, 0.4) is 0 Å². The van der Waals surface area contributed by atoms with Gasteiger partial charge in [0.25, 0.3) is 0 Å². The molecule has 2 fully saturated rings. The molecule has 39 heavy (non-hydrogen) atoms. The Kier molecular flexibility index (Phi) is 5.60. The summed E-state index contributed by atoms with van der Waals surface area (Å²) in [6.45, 7) is 8.20. The summed E-state index contributed by atoms with van der Waals surface area (Å²) in [4.78, 5) is 15.4. The molecule has 1 aliphatic heterocycles. The molecule has 0 radical (unpaired) electrons. The second-order valence-corrected chi connectivity index (χ2v) is 10.7. The van der Waals surface area contributed by atoms with Crippen LogP contribution in [0, 0.1) is 20.8 Å². The molecule has 2 aliphatic rings. The smallest absolute Gasteiger partial charge is 0.145 e. The molecular formula is C28H32N8O3. The predicted octanol–water partition coefficient (Wildman–Crippen LogP) is 4.98. The Hall–Kier alpha value is -3.96. The van der Waals surface area contributed by atoms with Crippen molar-refractivity contribution in [1.29, 1.82) is 0 Å². The summed E-state index contributed by atoms with van der Waals surface area (Å²) in [5.74, 6) is 4.41. The predicted molar refractivity (Wildman–Crippen MR) is 148 cm³/mol. The van der Waals surface area contributed by atoms with Crippen LogP contribution < -0.4 is 10.1 Å². The van der Waals surface area contributed by atoms with Crippen LogP contribution in [0.2, 0.25) is 0 Å². The fraction of sp³-hybridized carbons (Fsp3) is 0.429. The molecule has 5 aromatic rings. The number of aromatic nitrogens is 6. The SMILES string of the molecule is COCN1CC(n2nc(C3CC3)cc2Nc2nc(C)nc3[nH]c4cc(-c5c(C)noc5C)c(OC)cc4c23)C1. The Labute approximate surface area is 225 Å². The number of likely N-dealkylation sites (tertiary alicyclic amines) is 1. The van der Waals surface area contributed by atoms with E-state index in [-0.39, 0.29) is 6.04 Å². The van der Waals surface area contributed by atoms with Crippen molar-refractivity contribution in [3.63, 3.8) is 0 Å². The summed E-state index contributed by atoms with van der Waals surface area (Å²) in [6.07, 6.45) is 2.40. The van der Waals surface area contributed by atoms with E-state index in [1.165, 1.54) is 12.8 Å². The molecule has 1 aromatic carbocycles. The van der Waals surface area contributed by atoms with Gasteiger partial charge in [0.2, 0.25) is 0 Å². The topological polar surface area (TPSA) is 119 Å². The molecule has 5 heterocycles. The third-order valence-electron chi connectivity index (χ3n) is 7.78. The molecule has 7 rings (SSSR count). The molecule has 0 unspecified atom stereocenters. The number of methoxy groups -OCH3 is 2. The summed E-state index contributed by atoms with van der Waals surface area (Å²) in [5, 5.41) is 14.7. The molecule has 202 valence electrons. The summed E-state index contributed by atoms with van der Waals surface area (Å²) in [6, 6.07) is 6.59. The van der Waals surface area contributed by atoms with Crippen LogP contribution in [-0.2, 0) is 4.74 Å². The van der Waals surface area contributed by atoms with E-state index < -0.39 is 0 Å². The molecule has 0 atom stereocenters. The van der Waals surface area contributed by atoms with Gasteiger partial charge in [0.15, 0.2) is 0 Å². The van der Waals surface area contributed by atoms with Gasteiger partial charge in [0, 0.05) is 48.6 Å². The number of ether oxygens (including phenoxy) is 2. The van der Waals surface area contributed by atoms with Crippen LogP contribution in [0.4, 0.5) is 11.6 Å². The standard InChI is InChI=1S/C28H32N8O3/c1-14-25(15(2)39-34-14)20-8-22-19(9-23(20)38-5)26-27(31-22)29-16(3)30-28(26)32-24-10-21(17-6-7-17)33-36(24)18-11-35(12-18)13-37-4/h8-10,17-18H,6-7,11-13H2,1-5H3,(H2,29,30,31,32). The third-order valence-corrected chi connectivity index (χ3v) is 7.78. The van der Waals surface area contributed by atoms with Crippen LogP contribution in [-0.4, -0.2) is 68.8 Å². The molecule has 1 aliphatic carbocycles. The van der Waals surface area contributed by atoms with Crippen LogP contribution in [0.1, 0.15) is 47.8 Å². The van der Waals surface area contributed by atoms with E-state index in [0.717, 1.165) is 80.7 Å². The van der Waals surface area contributed by atoms with Gasteiger partial charge in [-0.1, -0.05) is 5.16 Å². The number of benzene rings is 1. The summed E-state index contributed by atoms with van der Waals surface area (Å²) in [5.41, 5.74) is 5.53. The highest BCUT2D eigenvalue weighted by Gasteiger charge is 2.34. The normalized spacial score (nSPS) is 16.3. The summed E-state index contributed by atoms with van der Waals surface area (Å²) < 4.78 is 18.7. The first kappa shape index (κ1) is 24.1. The van der Waals surface area contributed by atoms with Crippen molar-refractivity contribution in [2.24, 2.45) is 0 Å². The van der Waals surface area contributed by atoms with Gasteiger partial charge in [-0.15, -0.1) is 0 Å². The molecule has 0 amide bonds. The minimum absolute atomic E-state index is 0.286. The summed E-state index contributed by atoms with van der Waals surface area (Å²) >= 11 is 0. The number of nitrogens with zero attached hydrogens (tertiary/aromatic N) is 6. The van der Waals surface area contributed by atoms with E-state index >= 15 is 0 Å². The molecule has 4 aromatic heterocycles. The highest BCUT2D eigenvalue weighted by Crippen LogP contribution is 2.43. The van der Waals surface area contributed by atoms with Crippen molar-refractivity contribution in [1.82, 2.24) is 34.8 Å². The van der Waals surface area contributed by atoms with Crippen LogP contribution in [0.25, 0.3) is 33.1 Å². The molecule has 11 heteroatoms. The Morgan fingerprint density at radius 3 is 2.62 bits per heavy atom. The summed E-state index contributed by atoms with van der Waals surface area (Å²) in [7, 11) is 3.41. The average molecular weight is 529 g/mol. The second kappa shape index (κ2) is 9.06. The second-order valence-electron chi connectivity index (χ2n) is 10.7. The van der Waals surface area contributed by atoms with E-state index in [4.69, 9.17) is 29.1 Å². The van der Waals surface area contributed by atoms with Crippen molar-refractivity contribution in [2.75, 3.05) is 39.4 Å². The number of aromatic amines is 1. The van der Waals surface area contributed by atoms with Gasteiger partial charge in [-0.3, -0.25) is 4.90 Å². The molecule has 1 saturated carbocycles. The van der Waals surface area contributed by atoms with Crippen molar-refractivity contribution in [3.8, 4) is 16.9 Å². The lowest BCUT2D eigenvalue weighted by atomic mass is 10.0. The highest BCUT2D eigenvalue weighted by atomic mass is 16.5. The maximum Gasteiger partial charge on any atom is 0.145 e. The molecule has 0 bridgehead atoms. The monoisotopic (exact) mass is 528 g/mol. The number of anilines is 2. The first-order valence-electron chi connectivity index (χ1n) is 13.3. The van der Waals surface area contributed by atoms with E-state index in [1.807, 2.05) is 26.8 Å². The van der Waals surface area contributed by atoms with Gasteiger partial charge in [-0.25, -0.2) is 14.6 Å². The van der Waals surface area contributed by atoms with Crippen molar-refractivity contribution in [3.05, 3.63) is 41.2 Å². The van der Waals surface area contributed by atoms with Gasteiger partial charge >= 0.3 is 0 Å². The van der Waals surface area contributed by atoms with Crippen LogP contribution >= 0.6 is 0 Å².